The van der Waals surface area contributed by atoms with Crippen LogP contribution in [-0.2, 0) is 0 Å². The van der Waals surface area contributed by atoms with Gasteiger partial charge in [0.2, 0.25) is 0 Å². The van der Waals surface area contributed by atoms with Crippen molar-refractivity contribution in [2.75, 3.05) is 19.6 Å². The Bertz CT molecular complexity index is 310. The SMILES string of the molecule is C[CH]N1CCNCC1c1ccc(F)cc1. The summed E-state index contributed by atoms with van der Waals surface area (Å²) >= 11 is 0. The van der Waals surface area contributed by atoms with Crippen molar-refractivity contribution in [1.29, 1.82) is 0 Å². The third-order valence-corrected chi connectivity index (χ3v) is 2.87. The zero-order valence-corrected chi connectivity index (χ0v) is 8.91. The molecule has 1 fully saturated rings. The van der Waals surface area contributed by atoms with E-state index >= 15 is 0 Å². The van der Waals surface area contributed by atoms with Crippen LogP contribution in [-0.4, -0.2) is 24.5 Å². The smallest absolute Gasteiger partial charge is 0.123 e. The molecule has 81 valence electrons. The number of hydrogen-bond acceptors (Lipinski definition) is 2. The molecule has 1 aliphatic heterocycles. The lowest BCUT2D eigenvalue weighted by atomic mass is 10.0. The van der Waals surface area contributed by atoms with Gasteiger partial charge in [-0.1, -0.05) is 12.1 Å². The predicted molar refractivity (Wildman–Crippen MR) is 58.7 cm³/mol. The Kier molecular flexibility index (Phi) is 3.34. The van der Waals surface area contributed by atoms with E-state index in [4.69, 9.17) is 0 Å². The molecule has 2 rings (SSSR count). The second-order valence-electron chi connectivity index (χ2n) is 3.77. The fraction of sp³-hybridized carbons (Fsp3) is 0.417. The molecule has 1 atom stereocenters. The van der Waals surface area contributed by atoms with Crippen molar-refractivity contribution in [1.82, 2.24) is 10.2 Å². The molecule has 0 spiro atoms. The third kappa shape index (κ3) is 2.36. The Hall–Kier alpha value is -0.930. The largest absolute Gasteiger partial charge is 0.314 e. The lowest BCUT2D eigenvalue weighted by Gasteiger charge is -2.35. The van der Waals surface area contributed by atoms with Crippen molar-refractivity contribution < 1.29 is 4.39 Å². The van der Waals surface area contributed by atoms with Crippen LogP contribution in [0.3, 0.4) is 0 Å². The van der Waals surface area contributed by atoms with Crippen LogP contribution in [0.15, 0.2) is 24.3 Å². The van der Waals surface area contributed by atoms with E-state index < -0.39 is 0 Å². The van der Waals surface area contributed by atoms with E-state index in [9.17, 15) is 4.39 Å². The molecule has 1 aromatic carbocycles. The zero-order chi connectivity index (χ0) is 10.7. The number of nitrogens with one attached hydrogen (secondary N) is 1. The van der Waals surface area contributed by atoms with Gasteiger partial charge in [0.1, 0.15) is 5.82 Å². The highest BCUT2D eigenvalue weighted by atomic mass is 19.1. The Morgan fingerprint density at radius 2 is 2.13 bits per heavy atom. The van der Waals surface area contributed by atoms with Crippen LogP contribution < -0.4 is 5.32 Å². The van der Waals surface area contributed by atoms with Gasteiger partial charge in [0, 0.05) is 32.2 Å². The topological polar surface area (TPSA) is 15.3 Å². The maximum atomic E-state index is 12.8. The first-order valence-corrected chi connectivity index (χ1v) is 5.32. The molecule has 0 saturated carbocycles. The first kappa shape index (κ1) is 10.6. The molecular formula is C12H16FN2. The molecular weight excluding hydrogens is 191 g/mol. The van der Waals surface area contributed by atoms with Crippen LogP contribution in [0.2, 0.25) is 0 Å². The summed E-state index contributed by atoms with van der Waals surface area (Å²) in [5.41, 5.74) is 1.17. The van der Waals surface area contributed by atoms with Gasteiger partial charge in [-0.05, 0) is 24.6 Å². The van der Waals surface area contributed by atoms with E-state index in [1.165, 1.54) is 17.7 Å². The molecule has 0 aliphatic carbocycles. The van der Waals surface area contributed by atoms with Gasteiger partial charge in [-0.2, -0.15) is 0 Å². The average molecular weight is 207 g/mol. The van der Waals surface area contributed by atoms with Gasteiger partial charge < -0.3 is 5.32 Å². The van der Waals surface area contributed by atoms with E-state index in [1.807, 2.05) is 19.1 Å². The molecule has 0 amide bonds. The third-order valence-electron chi connectivity index (χ3n) is 2.87. The summed E-state index contributed by atoms with van der Waals surface area (Å²) in [4.78, 5) is 2.30. The summed E-state index contributed by atoms with van der Waals surface area (Å²) in [6.07, 6.45) is 0. The highest BCUT2D eigenvalue weighted by Crippen LogP contribution is 2.22. The molecule has 2 nitrogen and oxygen atoms in total. The summed E-state index contributed by atoms with van der Waals surface area (Å²) < 4.78 is 12.8. The fourth-order valence-electron chi connectivity index (χ4n) is 2.02. The van der Waals surface area contributed by atoms with Crippen LogP contribution in [0.5, 0.6) is 0 Å². The number of rotatable bonds is 2. The lowest BCUT2D eigenvalue weighted by Crippen LogP contribution is -2.44. The lowest BCUT2D eigenvalue weighted by molar-refractivity contribution is 0.205. The highest BCUT2D eigenvalue weighted by molar-refractivity contribution is 5.21. The van der Waals surface area contributed by atoms with Gasteiger partial charge in [0.25, 0.3) is 0 Å². The summed E-state index contributed by atoms with van der Waals surface area (Å²) in [5.74, 6) is -0.172. The first-order chi connectivity index (χ1) is 7.31. The first-order valence-electron chi connectivity index (χ1n) is 5.32. The van der Waals surface area contributed by atoms with Gasteiger partial charge >= 0.3 is 0 Å². The fourth-order valence-corrected chi connectivity index (χ4v) is 2.02. The van der Waals surface area contributed by atoms with Crippen LogP contribution in [0, 0.1) is 12.4 Å². The Labute approximate surface area is 90.1 Å². The van der Waals surface area contributed by atoms with E-state index in [1.54, 1.807) is 0 Å². The minimum absolute atomic E-state index is 0.172. The van der Waals surface area contributed by atoms with E-state index in [0.29, 0.717) is 6.04 Å². The molecule has 1 aliphatic rings. The molecule has 1 aromatic rings. The molecule has 0 aromatic heterocycles. The van der Waals surface area contributed by atoms with Crippen LogP contribution in [0.25, 0.3) is 0 Å². The monoisotopic (exact) mass is 207 g/mol. The minimum atomic E-state index is -0.172. The molecule has 1 unspecified atom stereocenters. The predicted octanol–water partition coefficient (Wildman–Crippen LogP) is 1.95. The molecule has 1 saturated heterocycles. The maximum absolute atomic E-state index is 12.8. The van der Waals surface area contributed by atoms with Crippen molar-refractivity contribution >= 4 is 0 Å². The van der Waals surface area contributed by atoms with Gasteiger partial charge in [0.15, 0.2) is 0 Å². The van der Waals surface area contributed by atoms with Crippen molar-refractivity contribution in [3.05, 3.63) is 42.2 Å². The molecule has 1 radical (unpaired) electrons. The molecule has 1 N–H and O–H groups in total. The van der Waals surface area contributed by atoms with E-state index in [0.717, 1.165) is 19.6 Å². The Balaban J connectivity index is 2.16. The van der Waals surface area contributed by atoms with Crippen molar-refractivity contribution in [3.8, 4) is 0 Å². The standard InChI is InChI=1S/C12H16FN2/c1-2-15-8-7-14-9-12(15)10-3-5-11(13)6-4-10/h2-6,12,14H,7-9H2,1H3. The number of benzene rings is 1. The minimum Gasteiger partial charge on any atom is -0.314 e. The van der Waals surface area contributed by atoms with Crippen molar-refractivity contribution in [3.63, 3.8) is 0 Å². The molecule has 1 heterocycles. The number of halogens is 1. The maximum Gasteiger partial charge on any atom is 0.123 e. The summed E-state index contributed by atoms with van der Waals surface area (Å²) in [7, 11) is 0. The number of piperazine rings is 1. The number of nitrogens with zero attached hydrogens (tertiary/aromatic N) is 1. The van der Waals surface area contributed by atoms with Gasteiger partial charge in [-0.25, -0.2) is 4.39 Å². The highest BCUT2D eigenvalue weighted by Gasteiger charge is 2.22. The van der Waals surface area contributed by atoms with E-state index in [2.05, 4.69) is 16.8 Å². The quantitative estimate of drug-likeness (QED) is 0.797. The second-order valence-corrected chi connectivity index (χ2v) is 3.77. The van der Waals surface area contributed by atoms with Crippen LogP contribution in [0.4, 0.5) is 4.39 Å². The summed E-state index contributed by atoms with van der Waals surface area (Å²) in [6.45, 7) is 7.10. The summed E-state index contributed by atoms with van der Waals surface area (Å²) in [5, 5.41) is 3.36. The zero-order valence-electron chi connectivity index (χ0n) is 8.91. The molecule has 0 bridgehead atoms. The number of hydrogen-bond donors (Lipinski definition) is 1. The van der Waals surface area contributed by atoms with Crippen molar-refractivity contribution in [2.24, 2.45) is 0 Å². The van der Waals surface area contributed by atoms with Crippen LogP contribution >= 0.6 is 0 Å². The van der Waals surface area contributed by atoms with Gasteiger partial charge in [-0.15, -0.1) is 0 Å². The van der Waals surface area contributed by atoms with Crippen LogP contribution in [0.1, 0.15) is 18.5 Å². The van der Waals surface area contributed by atoms with E-state index in [-0.39, 0.29) is 5.82 Å². The Morgan fingerprint density at radius 1 is 1.40 bits per heavy atom. The summed E-state index contributed by atoms with van der Waals surface area (Å²) in [6, 6.07) is 7.12. The Morgan fingerprint density at radius 3 is 2.80 bits per heavy atom. The second kappa shape index (κ2) is 4.73. The van der Waals surface area contributed by atoms with Gasteiger partial charge in [-0.3, -0.25) is 4.90 Å². The van der Waals surface area contributed by atoms with Gasteiger partial charge in [0.05, 0.1) is 0 Å². The molecule has 15 heavy (non-hydrogen) atoms. The normalized spacial score (nSPS) is 22.9. The average Bonchev–Trinajstić information content (AvgIpc) is 2.30. The molecule has 3 heteroatoms. The van der Waals surface area contributed by atoms with Crippen molar-refractivity contribution in [2.45, 2.75) is 13.0 Å².